The molecule has 0 aliphatic carbocycles. The van der Waals surface area contributed by atoms with Crippen LogP contribution in [0.25, 0.3) is 99.8 Å². The molecular formula is C63H43N5OPt-2. The second-order valence-corrected chi connectivity index (χ2v) is 16.4. The second kappa shape index (κ2) is 17.6. The molecule has 6 nitrogen and oxygen atoms in total. The minimum Gasteiger partial charge on any atom is -0.510 e. The number of fused-ring (bicyclic) bond motifs is 7. The SMILES string of the molecule is [2H]c1c([2H])c([2H])c(-c2cccc(-c3c([2H])c([2H])c([2H])c([2H])c3[2H])c2-[n+]2[c-]n(-c3[c-]c(Oc4[c-]c5c(c(-n6c7c([2H])c([2H])c([2H])c([2H])c7c7c([2H])c([2H])c([2H])c([2H])c76)c4)c4ccccc4n5-c4cc(C(C)C)ccn4)ccc3)c3ccccc32)c([2H])c1[2H].[Pt]. The molecule has 0 N–H and O–H groups in total. The molecule has 7 heteroatoms. The maximum absolute atomic E-state index is 9.45. The summed E-state index contributed by atoms with van der Waals surface area (Å²) < 4.78 is 174. The summed E-state index contributed by atoms with van der Waals surface area (Å²) in [5, 5.41) is 0.868. The third-order valence-corrected chi connectivity index (χ3v) is 12.2. The Balaban J connectivity index is 0.00000754. The first-order valence-electron chi connectivity index (χ1n) is 30.9. The number of nitrogens with zero attached hydrogens (tertiary/aromatic N) is 5. The van der Waals surface area contributed by atoms with Crippen molar-refractivity contribution in [2.24, 2.45) is 0 Å². The van der Waals surface area contributed by atoms with Crippen molar-refractivity contribution in [1.29, 1.82) is 0 Å². The minimum absolute atomic E-state index is 0. The molecule has 0 radical (unpaired) electrons. The molecule has 0 unspecified atom stereocenters. The summed E-state index contributed by atoms with van der Waals surface area (Å²) in [4.78, 5) is 4.84. The zero-order valence-electron chi connectivity index (χ0n) is 54.9. The van der Waals surface area contributed by atoms with Gasteiger partial charge in [0, 0.05) is 55.1 Å². The van der Waals surface area contributed by atoms with Crippen LogP contribution in [0, 0.1) is 18.5 Å². The molecule has 70 heavy (non-hydrogen) atoms. The molecule has 13 aromatic rings. The van der Waals surface area contributed by atoms with Gasteiger partial charge in [0.2, 0.25) is 0 Å². The first kappa shape index (κ1) is 27.6. The molecule has 0 amide bonds. The maximum Gasteiger partial charge on any atom is 0.268 e. The Morgan fingerprint density at radius 3 is 1.90 bits per heavy atom. The van der Waals surface area contributed by atoms with Crippen LogP contribution in [0.15, 0.2) is 218 Å². The number of imidazole rings is 1. The van der Waals surface area contributed by atoms with Crippen molar-refractivity contribution in [3.63, 3.8) is 0 Å². The molecule has 4 heterocycles. The predicted octanol–water partition coefficient (Wildman–Crippen LogP) is 15.1. The van der Waals surface area contributed by atoms with E-state index in [9.17, 15) is 5.48 Å². The summed E-state index contributed by atoms with van der Waals surface area (Å²) in [6.07, 6.45) is 5.06. The molecule has 0 spiro atoms. The third-order valence-electron chi connectivity index (χ3n) is 12.2. The van der Waals surface area contributed by atoms with Crippen LogP contribution in [0.2, 0.25) is 0 Å². The molecule has 0 aliphatic heterocycles. The molecule has 9 aromatic carbocycles. The molecule has 0 fully saturated rings. The Morgan fingerprint density at radius 1 is 0.571 bits per heavy atom. The monoisotopic (exact) mass is 1100 g/mol. The number of hydrogen-bond donors (Lipinski definition) is 0. The molecule has 0 saturated carbocycles. The summed E-state index contributed by atoms with van der Waals surface area (Å²) in [6, 6.07) is 26.0. The van der Waals surface area contributed by atoms with Gasteiger partial charge < -0.3 is 18.4 Å². The molecule has 0 saturated heterocycles. The van der Waals surface area contributed by atoms with Crippen LogP contribution >= 0.6 is 0 Å². The van der Waals surface area contributed by atoms with Gasteiger partial charge in [0.1, 0.15) is 5.82 Å². The number of pyridine rings is 1. The summed E-state index contributed by atoms with van der Waals surface area (Å²) in [5.41, 5.74) is 2.92. The summed E-state index contributed by atoms with van der Waals surface area (Å²) >= 11 is 0. The van der Waals surface area contributed by atoms with E-state index in [4.69, 9.17) is 28.9 Å². The fourth-order valence-electron chi connectivity index (χ4n) is 9.12. The Labute approximate surface area is 445 Å². The Hall–Kier alpha value is -8.31. The zero-order valence-corrected chi connectivity index (χ0v) is 39.2. The fourth-order valence-corrected chi connectivity index (χ4v) is 9.12. The first-order chi connectivity index (χ1) is 41.5. The van der Waals surface area contributed by atoms with Gasteiger partial charge in [-0.1, -0.05) is 182 Å². The summed E-state index contributed by atoms with van der Waals surface area (Å²) in [7, 11) is 0. The number of rotatable bonds is 9. The van der Waals surface area contributed by atoms with Gasteiger partial charge in [-0.2, -0.15) is 12.1 Å². The van der Waals surface area contributed by atoms with E-state index in [2.05, 4.69) is 32.3 Å². The predicted molar refractivity (Wildman–Crippen MR) is 279 cm³/mol. The van der Waals surface area contributed by atoms with E-state index in [0.29, 0.717) is 44.3 Å². The van der Waals surface area contributed by atoms with Crippen LogP contribution < -0.4 is 9.30 Å². The van der Waals surface area contributed by atoms with Crippen LogP contribution in [-0.4, -0.2) is 18.7 Å². The van der Waals surface area contributed by atoms with E-state index in [1.54, 1.807) is 59.3 Å². The van der Waals surface area contributed by atoms with E-state index >= 15 is 0 Å². The van der Waals surface area contributed by atoms with Crippen LogP contribution in [0.4, 0.5) is 0 Å². The molecule has 13 rings (SSSR count). The topological polar surface area (TPSA) is 40.8 Å². The van der Waals surface area contributed by atoms with Gasteiger partial charge in [-0.15, -0.1) is 24.3 Å². The van der Waals surface area contributed by atoms with Gasteiger partial charge in [0.05, 0.1) is 52.4 Å². The summed E-state index contributed by atoms with van der Waals surface area (Å²) in [5.74, 6) is 0.715. The quantitative estimate of drug-likeness (QED) is 0.107. The van der Waals surface area contributed by atoms with Crippen molar-refractivity contribution < 1.29 is 55.0 Å². The number of hydrogen-bond acceptors (Lipinski definition) is 2. The number of benzene rings is 9. The Morgan fingerprint density at radius 2 is 1.20 bits per heavy atom. The van der Waals surface area contributed by atoms with Gasteiger partial charge in [-0.3, -0.25) is 4.57 Å². The first-order valence-corrected chi connectivity index (χ1v) is 21.9. The standard InChI is InChI=1S/C63H43N5O.Pt/c1-42(2)45-35-36-64-61(37-45)68-56-32-14-11-27-53(56)62-59(67-54-30-12-9-25-51(54)52-26-10-13-31-55(52)67)39-48(40-60(62)68)69-47-24-17-23-46(38-47)65-41-66(58-34-16-15-33-57(58)65)63-49(43-19-5-3-6-20-43)28-18-29-50(63)44-21-7-4-8-22-44;/h3-37,39,42H,1-2H3;/q-2;/i3D,4D,5D,6D,7D,8D,9D,10D,12D,13D,19D,20D,21D,22D,25D,26D,30D,31D;. The van der Waals surface area contributed by atoms with Gasteiger partial charge in [-0.05, 0) is 80.8 Å². The van der Waals surface area contributed by atoms with E-state index in [-0.39, 0.29) is 93.9 Å². The van der Waals surface area contributed by atoms with Crippen LogP contribution in [0.5, 0.6) is 11.5 Å². The van der Waals surface area contributed by atoms with Gasteiger partial charge >= 0.3 is 0 Å². The Bertz CT molecular complexity index is 4970. The van der Waals surface area contributed by atoms with Gasteiger partial charge in [-0.25, -0.2) is 4.98 Å². The Kier molecular flexibility index (Phi) is 6.96. The largest absolute Gasteiger partial charge is 0.510 e. The summed E-state index contributed by atoms with van der Waals surface area (Å²) in [6.45, 7) is 4.11. The molecule has 0 bridgehead atoms. The van der Waals surface area contributed by atoms with Crippen molar-refractivity contribution in [2.45, 2.75) is 19.8 Å². The molecule has 0 aliphatic rings. The fraction of sp³-hybridized carbons (Fsp3) is 0.0476. The van der Waals surface area contributed by atoms with Crippen LogP contribution in [0.3, 0.4) is 0 Å². The second-order valence-electron chi connectivity index (χ2n) is 16.4. The van der Waals surface area contributed by atoms with Crippen molar-refractivity contribution in [1.82, 2.24) is 18.7 Å². The number of aromatic nitrogens is 5. The normalized spacial score (nSPS) is 15.2. The van der Waals surface area contributed by atoms with E-state index < -0.39 is 109 Å². The van der Waals surface area contributed by atoms with Crippen LogP contribution in [0.1, 0.15) is 50.0 Å². The average Bonchev–Trinajstić information content (AvgIpc) is 1.56. The maximum atomic E-state index is 9.45. The van der Waals surface area contributed by atoms with E-state index in [0.717, 1.165) is 5.56 Å². The smallest absolute Gasteiger partial charge is 0.268 e. The zero-order chi connectivity index (χ0) is 61.7. The molecule has 4 aromatic heterocycles. The van der Waals surface area contributed by atoms with Crippen molar-refractivity contribution >= 4 is 54.6 Å². The number of ether oxygens (including phenoxy) is 1. The van der Waals surface area contributed by atoms with Gasteiger partial charge in [0.25, 0.3) is 6.33 Å². The molecular weight excluding hydrogens is 1040 g/mol. The van der Waals surface area contributed by atoms with E-state index in [1.165, 1.54) is 27.3 Å². The average molecular weight is 1100 g/mol. The molecule has 0 atom stereocenters. The third kappa shape index (κ3) is 7.14. The van der Waals surface area contributed by atoms with Crippen LogP contribution in [-0.2, 0) is 21.1 Å². The molecule has 338 valence electrons. The minimum atomic E-state index is -0.631. The number of para-hydroxylation sites is 6. The van der Waals surface area contributed by atoms with Crippen molar-refractivity contribution in [2.75, 3.05) is 0 Å². The van der Waals surface area contributed by atoms with E-state index in [1.807, 2.05) is 41.0 Å². The van der Waals surface area contributed by atoms with Gasteiger partial charge in [0.15, 0.2) is 0 Å². The van der Waals surface area contributed by atoms with Crippen molar-refractivity contribution in [3.8, 4) is 56.6 Å². The van der Waals surface area contributed by atoms with Crippen molar-refractivity contribution in [3.05, 3.63) is 242 Å².